The normalized spacial score (nSPS) is 12.9. The van der Waals surface area contributed by atoms with E-state index in [9.17, 15) is 22.4 Å². The molecule has 2 N–H and O–H groups in total. The summed E-state index contributed by atoms with van der Waals surface area (Å²) in [5.74, 6) is -5.13. The van der Waals surface area contributed by atoms with Crippen LogP contribution in [0.4, 0.5) is 17.6 Å². The molecular weight excluding hydrogens is 232 g/mol. The highest BCUT2D eigenvalue weighted by Crippen LogP contribution is 2.27. The van der Waals surface area contributed by atoms with E-state index in [1.54, 1.807) is 0 Å². The molecule has 0 aliphatic heterocycles. The molecule has 1 rings (SSSR count). The largest absolute Gasteiger partial charge is 0.479 e. The van der Waals surface area contributed by atoms with Gasteiger partial charge in [-0.2, -0.15) is 0 Å². The molecule has 0 bridgehead atoms. The van der Waals surface area contributed by atoms with Crippen LogP contribution in [0.1, 0.15) is 23.7 Å². The Morgan fingerprint density at radius 1 is 1.25 bits per heavy atom. The molecule has 16 heavy (non-hydrogen) atoms. The number of hydrogen-bond donors (Lipinski definition) is 2. The number of rotatable bonds is 3. The molecule has 1 unspecified atom stereocenters. The lowest BCUT2D eigenvalue weighted by molar-refractivity contribution is -0.147. The van der Waals surface area contributed by atoms with Gasteiger partial charge in [-0.3, -0.25) is 0 Å². The number of carboxylic acids is 1. The van der Waals surface area contributed by atoms with Crippen LogP contribution in [0.25, 0.3) is 0 Å². The first kappa shape index (κ1) is 12.4. The Balaban J connectivity index is 3.29. The van der Waals surface area contributed by atoms with Gasteiger partial charge in [0.05, 0.1) is 5.56 Å². The summed E-state index contributed by atoms with van der Waals surface area (Å²) in [7, 11) is 0. The van der Waals surface area contributed by atoms with Crippen molar-refractivity contribution in [3.05, 3.63) is 34.9 Å². The minimum atomic E-state index is -3.30. The van der Waals surface area contributed by atoms with Crippen LogP contribution in [-0.2, 0) is 4.79 Å². The van der Waals surface area contributed by atoms with Crippen LogP contribution in [0.2, 0.25) is 0 Å². The number of alkyl halides is 2. The molecule has 0 saturated heterocycles. The van der Waals surface area contributed by atoms with Gasteiger partial charge >= 0.3 is 5.97 Å². The quantitative estimate of drug-likeness (QED) is 0.792. The van der Waals surface area contributed by atoms with Crippen LogP contribution in [0.15, 0.2) is 12.1 Å². The Bertz CT molecular complexity index is 419. The van der Waals surface area contributed by atoms with Gasteiger partial charge in [0.25, 0.3) is 6.43 Å². The van der Waals surface area contributed by atoms with Gasteiger partial charge in [0.2, 0.25) is 0 Å². The summed E-state index contributed by atoms with van der Waals surface area (Å²) in [5.41, 5.74) is -1.92. The second-order valence-corrected chi connectivity index (χ2v) is 2.95. The molecule has 1 aromatic carbocycles. The van der Waals surface area contributed by atoms with Crippen LogP contribution >= 0.6 is 0 Å². The monoisotopic (exact) mass is 238 g/mol. The smallest absolute Gasteiger partial charge is 0.337 e. The second kappa shape index (κ2) is 4.48. The molecule has 0 amide bonds. The van der Waals surface area contributed by atoms with Gasteiger partial charge in [0, 0.05) is 0 Å². The molecule has 1 aromatic rings. The third-order valence-electron chi connectivity index (χ3n) is 1.86. The number of aliphatic carboxylic acids is 1. The Morgan fingerprint density at radius 3 is 2.25 bits per heavy atom. The number of carbonyl (C=O) groups is 1. The minimum Gasteiger partial charge on any atom is -0.479 e. The van der Waals surface area contributed by atoms with Crippen LogP contribution in [-0.4, -0.2) is 16.2 Å². The van der Waals surface area contributed by atoms with Gasteiger partial charge in [-0.05, 0) is 17.7 Å². The van der Waals surface area contributed by atoms with Gasteiger partial charge in [0.1, 0.15) is 0 Å². The fourth-order valence-corrected chi connectivity index (χ4v) is 1.09. The summed E-state index contributed by atoms with van der Waals surface area (Å²) in [6, 6.07) is 0.780. The van der Waals surface area contributed by atoms with Crippen LogP contribution < -0.4 is 0 Å². The number of aliphatic hydroxyl groups excluding tert-OH is 1. The van der Waals surface area contributed by atoms with E-state index < -0.39 is 41.3 Å². The molecule has 0 aliphatic rings. The van der Waals surface area contributed by atoms with Crippen LogP contribution in [0, 0.1) is 11.6 Å². The third kappa shape index (κ3) is 2.30. The number of aliphatic hydroxyl groups is 1. The number of benzene rings is 1. The molecule has 0 saturated carbocycles. The lowest BCUT2D eigenvalue weighted by atomic mass is 10.1. The second-order valence-electron chi connectivity index (χ2n) is 2.95. The molecule has 88 valence electrons. The molecule has 0 aromatic heterocycles. The summed E-state index contributed by atoms with van der Waals surface area (Å²) in [4.78, 5) is 10.3. The molecule has 1 atom stereocenters. The first-order valence-corrected chi connectivity index (χ1v) is 4.02. The van der Waals surface area contributed by atoms with E-state index in [0.717, 1.165) is 0 Å². The van der Waals surface area contributed by atoms with Crippen LogP contribution in [0.3, 0.4) is 0 Å². The maximum atomic E-state index is 12.8. The van der Waals surface area contributed by atoms with E-state index in [2.05, 4.69) is 0 Å². The minimum absolute atomic E-state index is 0.361. The molecule has 7 heteroatoms. The average Bonchev–Trinajstić information content (AvgIpc) is 2.20. The third-order valence-corrected chi connectivity index (χ3v) is 1.86. The molecular formula is C9H6F4O3. The predicted molar refractivity (Wildman–Crippen MR) is 43.9 cm³/mol. The Morgan fingerprint density at radius 2 is 1.81 bits per heavy atom. The maximum Gasteiger partial charge on any atom is 0.337 e. The SMILES string of the molecule is O=C(O)C(O)c1cc(F)c(F)c(C(F)F)c1. The van der Waals surface area contributed by atoms with Crippen molar-refractivity contribution in [1.29, 1.82) is 0 Å². The van der Waals surface area contributed by atoms with Crippen molar-refractivity contribution in [3.8, 4) is 0 Å². The highest BCUT2D eigenvalue weighted by atomic mass is 19.3. The van der Waals surface area contributed by atoms with Crippen LogP contribution in [0.5, 0.6) is 0 Å². The summed E-state index contributed by atoms with van der Waals surface area (Å²) >= 11 is 0. The van der Waals surface area contributed by atoms with E-state index in [4.69, 9.17) is 10.2 Å². The Labute approximate surface area is 86.9 Å². The van der Waals surface area contributed by atoms with Crippen molar-refractivity contribution < 1.29 is 32.6 Å². The molecule has 0 heterocycles. The van der Waals surface area contributed by atoms with Gasteiger partial charge in [-0.1, -0.05) is 0 Å². The van der Waals surface area contributed by atoms with Gasteiger partial charge in [-0.25, -0.2) is 22.4 Å². The lowest BCUT2D eigenvalue weighted by Gasteiger charge is -2.09. The molecule has 0 fully saturated rings. The zero-order valence-electron chi connectivity index (χ0n) is 7.62. The van der Waals surface area contributed by atoms with Gasteiger partial charge < -0.3 is 10.2 Å². The van der Waals surface area contributed by atoms with E-state index in [1.165, 1.54) is 0 Å². The summed E-state index contributed by atoms with van der Waals surface area (Å²) in [5, 5.41) is 17.4. The van der Waals surface area contributed by atoms with Crippen molar-refractivity contribution in [3.63, 3.8) is 0 Å². The zero-order valence-corrected chi connectivity index (χ0v) is 7.62. The fourth-order valence-electron chi connectivity index (χ4n) is 1.09. The Hall–Kier alpha value is -1.63. The average molecular weight is 238 g/mol. The van der Waals surface area contributed by atoms with Crippen molar-refractivity contribution in [1.82, 2.24) is 0 Å². The van der Waals surface area contributed by atoms with E-state index >= 15 is 0 Å². The standard InChI is InChI=1S/C9H6F4O3/c10-5-2-3(7(14)9(15)16)1-4(6(5)11)8(12)13/h1-2,7-8,14H,(H,15,16). The summed E-state index contributed by atoms with van der Waals surface area (Å²) in [6.45, 7) is 0. The molecule has 0 spiro atoms. The highest BCUT2D eigenvalue weighted by molar-refractivity contribution is 5.74. The maximum absolute atomic E-state index is 12.8. The first-order chi connectivity index (χ1) is 7.34. The first-order valence-electron chi connectivity index (χ1n) is 4.02. The molecule has 0 radical (unpaired) electrons. The van der Waals surface area contributed by atoms with Crippen molar-refractivity contribution in [2.45, 2.75) is 12.5 Å². The number of carboxylic acid groups (broad SMARTS) is 1. The van der Waals surface area contributed by atoms with Gasteiger partial charge in [-0.15, -0.1) is 0 Å². The van der Waals surface area contributed by atoms with E-state index in [-0.39, 0.29) is 0 Å². The lowest BCUT2D eigenvalue weighted by Crippen LogP contribution is -2.12. The summed E-state index contributed by atoms with van der Waals surface area (Å²) < 4.78 is 50.1. The fraction of sp³-hybridized carbons (Fsp3) is 0.222. The highest BCUT2D eigenvalue weighted by Gasteiger charge is 2.23. The molecule has 3 nitrogen and oxygen atoms in total. The Kier molecular flexibility index (Phi) is 3.48. The topological polar surface area (TPSA) is 57.5 Å². The number of halogens is 4. The number of hydrogen-bond acceptors (Lipinski definition) is 2. The van der Waals surface area contributed by atoms with E-state index in [1.807, 2.05) is 0 Å². The van der Waals surface area contributed by atoms with Gasteiger partial charge in [0.15, 0.2) is 17.7 Å². The van der Waals surface area contributed by atoms with Crippen molar-refractivity contribution >= 4 is 5.97 Å². The predicted octanol–water partition coefficient (Wildman–Crippen LogP) is 2.02. The van der Waals surface area contributed by atoms with Crippen molar-refractivity contribution in [2.75, 3.05) is 0 Å². The summed E-state index contributed by atoms with van der Waals surface area (Å²) in [6.07, 6.45) is -5.47. The molecule has 0 aliphatic carbocycles. The van der Waals surface area contributed by atoms with Crippen molar-refractivity contribution in [2.24, 2.45) is 0 Å². The van der Waals surface area contributed by atoms with E-state index in [0.29, 0.717) is 12.1 Å². The zero-order chi connectivity index (χ0) is 12.5.